The molecule has 122 valence electrons. The normalized spacial score (nSPS) is 14.5. The fourth-order valence-corrected chi connectivity index (χ4v) is 2.75. The number of amides is 2. The zero-order valence-electron chi connectivity index (χ0n) is 12.9. The van der Waals surface area contributed by atoms with E-state index in [2.05, 4.69) is 0 Å². The molecule has 0 unspecified atom stereocenters. The summed E-state index contributed by atoms with van der Waals surface area (Å²) >= 11 is 0. The molecule has 6 nitrogen and oxygen atoms in total. The van der Waals surface area contributed by atoms with E-state index in [9.17, 15) is 19.5 Å². The number of aliphatic carboxylic acids is 1. The van der Waals surface area contributed by atoms with E-state index in [0.29, 0.717) is 22.4 Å². The maximum Gasteiger partial charge on any atom is 0.312 e. The lowest BCUT2D eigenvalue weighted by atomic mass is 9.98. The highest BCUT2D eigenvalue weighted by molar-refractivity contribution is 6.21. The van der Waals surface area contributed by atoms with Crippen molar-refractivity contribution in [1.29, 1.82) is 0 Å². The Morgan fingerprint density at radius 2 is 1.58 bits per heavy atom. The monoisotopic (exact) mass is 325 g/mol. The van der Waals surface area contributed by atoms with Gasteiger partial charge in [-0.15, -0.1) is 0 Å². The summed E-state index contributed by atoms with van der Waals surface area (Å²) in [6, 6.07) is 13.0. The van der Waals surface area contributed by atoms with Crippen LogP contribution in [0.4, 0.5) is 0 Å². The maximum absolute atomic E-state index is 12.4. The standard InChI is InChI=1S/C18H15NO5/c1-24-12-8-6-11(7-9-12)15(18(22)23)10-19-16(20)13-4-2-3-5-14(13)17(19)21/h2-9,15H,10H2,1H3,(H,22,23)/t15-/m1/s1. The van der Waals surface area contributed by atoms with E-state index in [1.54, 1.807) is 48.5 Å². The van der Waals surface area contributed by atoms with Crippen molar-refractivity contribution in [3.05, 3.63) is 65.2 Å². The van der Waals surface area contributed by atoms with Crippen LogP contribution in [0.15, 0.2) is 48.5 Å². The fourth-order valence-electron chi connectivity index (χ4n) is 2.75. The first-order chi connectivity index (χ1) is 11.5. The van der Waals surface area contributed by atoms with Gasteiger partial charge in [-0.25, -0.2) is 0 Å². The quantitative estimate of drug-likeness (QED) is 0.852. The highest BCUT2D eigenvalue weighted by Gasteiger charge is 2.38. The fraction of sp³-hybridized carbons (Fsp3) is 0.167. The van der Waals surface area contributed by atoms with Gasteiger partial charge in [0.1, 0.15) is 5.75 Å². The van der Waals surface area contributed by atoms with Gasteiger partial charge in [0, 0.05) is 6.54 Å². The van der Waals surface area contributed by atoms with Crippen LogP contribution >= 0.6 is 0 Å². The summed E-state index contributed by atoms with van der Waals surface area (Å²) in [5, 5.41) is 9.52. The molecular weight excluding hydrogens is 310 g/mol. The van der Waals surface area contributed by atoms with Gasteiger partial charge in [-0.2, -0.15) is 0 Å². The molecule has 3 rings (SSSR count). The van der Waals surface area contributed by atoms with Crippen LogP contribution in [-0.2, 0) is 4.79 Å². The number of nitrogens with zero attached hydrogens (tertiary/aromatic N) is 1. The average molecular weight is 325 g/mol. The van der Waals surface area contributed by atoms with Gasteiger partial charge in [0.2, 0.25) is 0 Å². The molecule has 0 aromatic heterocycles. The Hall–Kier alpha value is -3.15. The van der Waals surface area contributed by atoms with Crippen LogP contribution < -0.4 is 4.74 Å². The van der Waals surface area contributed by atoms with Crippen LogP contribution in [0.5, 0.6) is 5.75 Å². The van der Waals surface area contributed by atoms with Crippen molar-refractivity contribution in [2.24, 2.45) is 0 Å². The molecule has 1 aliphatic rings. The van der Waals surface area contributed by atoms with Crippen molar-refractivity contribution < 1.29 is 24.2 Å². The molecule has 0 fully saturated rings. The number of carbonyl (C=O) groups excluding carboxylic acids is 2. The van der Waals surface area contributed by atoms with Crippen molar-refractivity contribution >= 4 is 17.8 Å². The number of carboxylic acid groups (broad SMARTS) is 1. The number of hydrogen-bond acceptors (Lipinski definition) is 4. The molecular formula is C18H15NO5. The molecule has 0 saturated heterocycles. The van der Waals surface area contributed by atoms with E-state index in [-0.39, 0.29) is 6.54 Å². The van der Waals surface area contributed by atoms with Crippen LogP contribution in [0, 0.1) is 0 Å². The number of rotatable bonds is 5. The van der Waals surface area contributed by atoms with Crippen LogP contribution in [0.1, 0.15) is 32.2 Å². The van der Waals surface area contributed by atoms with Gasteiger partial charge in [-0.3, -0.25) is 19.3 Å². The molecule has 0 spiro atoms. The van der Waals surface area contributed by atoms with E-state index in [0.717, 1.165) is 4.90 Å². The van der Waals surface area contributed by atoms with Crippen molar-refractivity contribution in [2.75, 3.05) is 13.7 Å². The van der Waals surface area contributed by atoms with E-state index in [4.69, 9.17) is 4.74 Å². The summed E-state index contributed by atoms with van der Waals surface area (Å²) in [5.41, 5.74) is 1.11. The molecule has 2 aromatic carbocycles. The minimum atomic E-state index is -1.10. The number of carboxylic acids is 1. The summed E-state index contributed by atoms with van der Waals surface area (Å²) < 4.78 is 5.05. The molecule has 1 atom stereocenters. The smallest absolute Gasteiger partial charge is 0.312 e. The Kier molecular flexibility index (Phi) is 4.04. The molecule has 1 heterocycles. The van der Waals surface area contributed by atoms with E-state index >= 15 is 0 Å². The second-order valence-corrected chi connectivity index (χ2v) is 5.43. The molecule has 6 heteroatoms. The molecule has 0 aliphatic carbocycles. The first-order valence-corrected chi connectivity index (χ1v) is 7.35. The number of carbonyl (C=O) groups is 3. The number of fused-ring (bicyclic) bond motifs is 1. The Morgan fingerprint density at radius 1 is 1.04 bits per heavy atom. The second kappa shape index (κ2) is 6.16. The molecule has 0 saturated carbocycles. The van der Waals surface area contributed by atoms with Crippen LogP contribution in [0.2, 0.25) is 0 Å². The third-order valence-corrected chi connectivity index (χ3v) is 4.06. The zero-order valence-corrected chi connectivity index (χ0v) is 12.9. The third kappa shape index (κ3) is 2.62. The van der Waals surface area contributed by atoms with Gasteiger partial charge in [0.25, 0.3) is 11.8 Å². The number of imide groups is 1. The van der Waals surface area contributed by atoms with Gasteiger partial charge >= 0.3 is 5.97 Å². The SMILES string of the molecule is COc1ccc([C@@H](CN2C(=O)c3ccccc3C2=O)C(=O)O)cc1. The lowest BCUT2D eigenvalue weighted by Crippen LogP contribution is -2.36. The van der Waals surface area contributed by atoms with Gasteiger partial charge in [-0.1, -0.05) is 24.3 Å². The number of benzene rings is 2. The molecule has 24 heavy (non-hydrogen) atoms. The van der Waals surface area contributed by atoms with Crippen LogP contribution in [-0.4, -0.2) is 41.4 Å². The van der Waals surface area contributed by atoms with Crippen LogP contribution in [0.25, 0.3) is 0 Å². The molecule has 2 aromatic rings. The predicted molar refractivity (Wildman–Crippen MR) is 85.2 cm³/mol. The summed E-state index contributed by atoms with van der Waals surface area (Å²) in [7, 11) is 1.52. The maximum atomic E-state index is 12.4. The van der Waals surface area contributed by atoms with Crippen molar-refractivity contribution in [1.82, 2.24) is 4.90 Å². The van der Waals surface area contributed by atoms with Gasteiger partial charge in [0.15, 0.2) is 0 Å². The van der Waals surface area contributed by atoms with E-state index in [1.807, 2.05) is 0 Å². The summed E-state index contributed by atoms with van der Waals surface area (Å²) in [4.78, 5) is 37.4. The zero-order chi connectivity index (χ0) is 17.3. The summed E-state index contributed by atoms with van der Waals surface area (Å²) in [6.07, 6.45) is 0. The number of ether oxygens (including phenoxy) is 1. The average Bonchev–Trinajstić information content (AvgIpc) is 2.84. The van der Waals surface area contributed by atoms with Gasteiger partial charge in [-0.05, 0) is 29.8 Å². The first kappa shape index (κ1) is 15.7. The molecule has 1 N–H and O–H groups in total. The summed E-state index contributed by atoms with van der Waals surface area (Å²) in [6.45, 7) is -0.214. The van der Waals surface area contributed by atoms with E-state index < -0.39 is 23.7 Å². The molecule has 0 bridgehead atoms. The van der Waals surface area contributed by atoms with Crippen LogP contribution in [0.3, 0.4) is 0 Å². The third-order valence-electron chi connectivity index (χ3n) is 4.06. The van der Waals surface area contributed by atoms with Crippen molar-refractivity contribution in [3.8, 4) is 5.75 Å². The Morgan fingerprint density at radius 3 is 2.04 bits per heavy atom. The summed E-state index contributed by atoms with van der Waals surface area (Å²) in [5.74, 6) is -2.43. The molecule has 2 amide bonds. The topological polar surface area (TPSA) is 83.9 Å². The van der Waals surface area contributed by atoms with Gasteiger partial charge < -0.3 is 9.84 Å². The molecule has 0 radical (unpaired) electrons. The van der Waals surface area contributed by atoms with Crippen molar-refractivity contribution in [2.45, 2.75) is 5.92 Å². The lowest BCUT2D eigenvalue weighted by Gasteiger charge is -2.20. The second-order valence-electron chi connectivity index (χ2n) is 5.43. The predicted octanol–water partition coefficient (Wildman–Crippen LogP) is 2.16. The first-order valence-electron chi connectivity index (χ1n) is 7.35. The minimum absolute atomic E-state index is 0.214. The van der Waals surface area contributed by atoms with Gasteiger partial charge in [0.05, 0.1) is 24.2 Å². The largest absolute Gasteiger partial charge is 0.497 e. The highest BCUT2D eigenvalue weighted by atomic mass is 16.5. The van der Waals surface area contributed by atoms with Crippen molar-refractivity contribution in [3.63, 3.8) is 0 Å². The Labute approximate surface area is 138 Å². The molecule has 1 aliphatic heterocycles. The number of hydrogen-bond donors (Lipinski definition) is 1. The lowest BCUT2D eigenvalue weighted by molar-refractivity contribution is -0.138. The Balaban J connectivity index is 1.88. The van der Waals surface area contributed by atoms with E-state index in [1.165, 1.54) is 7.11 Å². The highest BCUT2D eigenvalue weighted by Crippen LogP contribution is 2.27. The Bertz CT molecular complexity index is 777. The number of methoxy groups -OCH3 is 1. The minimum Gasteiger partial charge on any atom is -0.497 e.